The van der Waals surface area contributed by atoms with Crippen LogP contribution in [0.4, 0.5) is 0 Å². The fourth-order valence-corrected chi connectivity index (χ4v) is 2.55. The molecular weight excluding hydrogens is 204 g/mol. The molecule has 0 atom stereocenters. The van der Waals surface area contributed by atoms with Crippen molar-refractivity contribution in [2.45, 2.75) is 45.4 Å². The summed E-state index contributed by atoms with van der Waals surface area (Å²) >= 11 is 0. The molecule has 17 heavy (non-hydrogen) atoms. The molecule has 90 valence electrons. The van der Waals surface area contributed by atoms with Crippen LogP contribution in [-0.4, -0.2) is 0 Å². The number of hydrogen-bond donors (Lipinski definition) is 0. The van der Waals surface area contributed by atoms with Crippen molar-refractivity contribution in [2.24, 2.45) is 0 Å². The molecule has 0 spiro atoms. The summed E-state index contributed by atoms with van der Waals surface area (Å²) < 4.78 is 0. The Balaban J connectivity index is 2.06. The molecule has 0 amide bonds. The first kappa shape index (κ1) is 12.2. The van der Waals surface area contributed by atoms with Gasteiger partial charge in [0.1, 0.15) is 0 Å². The third-order valence-corrected chi connectivity index (χ3v) is 3.61. The van der Waals surface area contributed by atoms with Crippen LogP contribution >= 0.6 is 0 Å². The van der Waals surface area contributed by atoms with Gasteiger partial charge in [-0.05, 0) is 55.2 Å². The Hall–Kier alpha value is -1.30. The third-order valence-electron chi connectivity index (χ3n) is 3.61. The first-order valence-corrected chi connectivity index (χ1v) is 6.76. The molecule has 0 heterocycles. The molecule has 0 N–H and O–H groups in total. The topological polar surface area (TPSA) is 0 Å². The second-order valence-corrected chi connectivity index (χ2v) is 4.86. The predicted molar refractivity (Wildman–Crippen MR) is 76.2 cm³/mol. The van der Waals surface area contributed by atoms with E-state index in [1.54, 1.807) is 5.57 Å². The number of rotatable bonds is 6. The molecular formula is C17H22. The van der Waals surface area contributed by atoms with Crippen molar-refractivity contribution in [3.63, 3.8) is 0 Å². The van der Waals surface area contributed by atoms with Gasteiger partial charge in [-0.1, -0.05) is 42.8 Å². The van der Waals surface area contributed by atoms with E-state index in [0.717, 1.165) is 6.42 Å². The van der Waals surface area contributed by atoms with E-state index in [1.165, 1.54) is 48.8 Å². The molecule has 1 aliphatic rings. The number of benzene rings is 1. The molecule has 1 aromatic carbocycles. The molecule has 0 heteroatoms. The average Bonchev–Trinajstić information content (AvgIpc) is 2.78. The van der Waals surface area contributed by atoms with Crippen LogP contribution < -0.4 is 0 Å². The minimum Gasteiger partial charge on any atom is -0.103 e. The van der Waals surface area contributed by atoms with E-state index in [0.29, 0.717) is 0 Å². The smallest absolute Gasteiger partial charge is 0.00578 e. The summed E-state index contributed by atoms with van der Waals surface area (Å²) in [5.41, 5.74) is 6.17. The van der Waals surface area contributed by atoms with Crippen molar-refractivity contribution in [1.29, 1.82) is 0 Å². The number of allylic oxidation sites excluding steroid dienone is 2. The van der Waals surface area contributed by atoms with Crippen LogP contribution in [0.25, 0.3) is 6.08 Å². The SMILES string of the molecule is C=CCCCCc1cccc2c1C=C(CC)C2. The van der Waals surface area contributed by atoms with Gasteiger partial charge in [0.05, 0.1) is 0 Å². The van der Waals surface area contributed by atoms with Gasteiger partial charge in [0.25, 0.3) is 0 Å². The lowest BCUT2D eigenvalue weighted by Gasteiger charge is -2.06. The summed E-state index contributed by atoms with van der Waals surface area (Å²) in [7, 11) is 0. The van der Waals surface area contributed by atoms with Crippen molar-refractivity contribution in [1.82, 2.24) is 0 Å². The Bertz CT molecular complexity index is 424. The summed E-state index contributed by atoms with van der Waals surface area (Å²) in [5, 5.41) is 0. The van der Waals surface area contributed by atoms with Crippen LogP contribution in [0.5, 0.6) is 0 Å². The van der Waals surface area contributed by atoms with Crippen molar-refractivity contribution in [3.8, 4) is 0 Å². The van der Waals surface area contributed by atoms with E-state index in [4.69, 9.17) is 0 Å². The lowest BCUT2D eigenvalue weighted by molar-refractivity contribution is 0.747. The van der Waals surface area contributed by atoms with E-state index >= 15 is 0 Å². The zero-order chi connectivity index (χ0) is 12.1. The number of aryl methyl sites for hydroxylation is 1. The van der Waals surface area contributed by atoms with Crippen molar-refractivity contribution >= 4 is 6.08 Å². The highest BCUT2D eigenvalue weighted by Gasteiger charge is 2.13. The summed E-state index contributed by atoms with van der Waals surface area (Å²) in [6, 6.07) is 6.79. The van der Waals surface area contributed by atoms with Crippen LogP contribution in [0.1, 0.15) is 49.3 Å². The number of hydrogen-bond acceptors (Lipinski definition) is 0. The van der Waals surface area contributed by atoms with Gasteiger partial charge in [0.2, 0.25) is 0 Å². The second-order valence-electron chi connectivity index (χ2n) is 4.86. The van der Waals surface area contributed by atoms with Gasteiger partial charge >= 0.3 is 0 Å². The Morgan fingerprint density at radius 1 is 1.29 bits per heavy atom. The van der Waals surface area contributed by atoms with Gasteiger partial charge in [0.15, 0.2) is 0 Å². The van der Waals surface area contributed by atoms with E-state index < -0.39 is 0 Å². The Labute approximate surface area is 105 Å². The van der Waals surface area contributed by atoms with Gasteiger partial charge in [0, 0.05) is 0 Å². The van der Waals surface area contributed by atoms with Gasteiger partial charge in [-0.15, -0.1) is 6.58 Å². The van der Waals surface area contributed by atoms with Gasteiger partial charge in [-0.3, -0.25) is 0 Å². The van der Waals surface area contributed by atoms with E-state index in [1.807, 2.05) is 6.08 Å². The first-order chi connectivity index (χ1) is 8.35. The second kappa shape index (κ2) is 5.86. The Kier molecular flexibility index (Phi) is 4.19. The summed E-state index contributed by atoms with van der Waals surface area (Å²) in [6.07, 6.45) is 11.7. The molecule has 1 aliphatic carbocycles. The van der Waals surface area contributed by atoms with Crippen LogP contribution in [0.3, 0.4) is 0 Å². The molecule has 0 nitrogen and oxygen atoms in total. The Morgan fingerprint density at radius 3 is 2.94 bits per heavy atom. The monoisotopic (exact) mass is 226 g/mol. The molecule has 0 aliphatic heterocycles. The Morgan fingerprint density at radius 2 is 2.18 bits per heavy atom. The number of unbranched alkanes of at least 4 members (excludes halogenated alkanes) is 2. The molecule has 0 aromatic heterocycles. The molecule has 0 saturated carbocycles. The zero-order valence-corrected chi connectivity index (χ0v) is 10.8. The summed E-state index contributed by atoms with van der Waals surface area (Å²) in [6.45, 7) is 6.03. The first-order valence-electron chi connectivity index (χ1n) is 6.76. The lowest BCUT2D eigenvalue weighted by atomic mass is 9.98. The van der Waals surface area contributed by atoms with E-state index in [2.05, 4.69) is 37.8 Å². The fraction of sp³-hybridized carbons (Fsp3) is 0.412. The molecule has 2 rings (SSSR count). The van der Waals surface area contributed by atoms with Gasteiger partial charge in [-0.25, -0.2) is 0 Å². The van der Waals surface area contributed by atoms with Crippen LogP contribution in [0, 0.1) is 0 Å². The van der Waals surface area contributed by atoms with Crippen molar-refractivity contribution in [3.05, 3.63) is 53.1 Å². The molecule has 0 saturated heterocycles. The molecule has 0 fully saturated rings. The van der Waals surface area contributed by atoms with Gasteiger partial charge in [-0.2, -0.15) is 0 Å². The maximum absolute atomic E-state index is 3.77. The quantitative estimate of drug-likeness (QED) is 0.476. The van der Waals surface area contributed by atoms with Crippen LogP contribution in [-0.2, 0) is 12.8 Å². The minimum atomic E-state index is 1.14. The molecule has 1 aromatic rings. The maximum Gasteiger partial charge on any atom is -0.00578 e. The molecule has 0 radical (unpaired) electrons. The van der Waals surface area contributed by atoms with E-state index in [-0.39, 0.29) is 0 Å². The highest BCUT2D eigenvalue weighted by molar-refractivity contribution is 5.66. The average molecular weight is 226 g/mol. The van der Waals surface area contributed by atoms with Gasteiger partial charge < -0.3 is 0 Å². The van der Waals surface area contributed by atoms with Crippen LogP contribution in [0.2, 0.25) is 0 Å². The zero-order valence-electron chi connectivity index (χ0n) is 10.8. The lowest BCUT2D eigenvalue weighted by Crippen LogP contribution is -1.92. The minimum absolute atomic E-state index is 1.14. The largest absolute Gasteiger partial charge is 0.103 e. The summed E-state index contributed by atoms with van der Waals surface area (Å²) in [4.78, 5) is 0. The predicted octanol–water partition coefficient (Wildman–Crippen LogP) is 4.93. The van der Waals surface area contributed by atoms with Crippen LogP contribution in [0.15, 0.2) is 36.4 Å². The maximum atomic E-state index is 3.77. The highest BCUT2D eigenvalue weighted by Crippen LogP contribution is 2.30. The fourth-order valence-electron chi connectivity index (χ4n) is 2.55. The van der Waals surface area contributed by atoms with Crippen molar-refractivity contribution < 1.29 is 0 Å². The van der Waals surface area contributed by atoms with Crippen molar-refractivity contribution in [2.75, 3.05) is 0 Å². The number of fused-ring (bicyclic) bond motifs is 1. The molecule has 0 bridgehead atoms. The normalized spacial score (nSPS) is 13.4. The third kappa shape index (κ3) is 2.88. The summed E-state index contributed by atoms with van der Waals surface area (Å²) in [5.74, 6) is 0. The highest BCUT2D eigenvalue weighted by atomic mass is 14.2. The van der Waals surface area contributed by atoms with E-state index in [9.17, 15) is 0 Å². The molecule has 0 unspecified atom stereocenters. The standard InChI is InChI=1S/C17H22/c1-3-5-6-7-9-15-10-8-11-16-12-14(4-2)13-17(15)16/h3,8,10-11,13H,1,4-7,9,12H2,2H3.